The van der Waals surface area contributed by atoms with Gasteiger partial charge in [-0.15, -0.1) is 0 Å². The zero-order valence-corrected chi connectivity index (χ0v) is 73.2. The SMILES string of the molecule is CNC(=O)c1ccccc1Sc1ccc2c(/C=C/c3ccccn3)nn(C(=O)N(C)CCNC(=O)OCc3ccc(NC(=O)C(CCC(=O)O)NC(=O)CCC(=O)NC(C(=O)N[C@H](CCN)C(=O)N[C@@H]4CCNC(=O)C(C(C)O)NC(=O)[C@H](CCN)NC(=O)[C@H](CCN)NC(=O)[C@H](CC(C)C)NC(=O)[C@@H](Cc5ccccc5)NC(=O)C(CCN)NC4=O)[C@H](C)O)cc3)c2c1. The molecule has 12 atom stereocenters. The number of anilines is 1. The number of aliphatic hydroxyl groups excluding tert-OH is 2. The Morgan fingerprint density at radius 3 is 1.81 bits per heavy atom. The lowest BCUT2D eigenvalue weighted by molar-refractivity contribution is -0.138. The zero-order valence-electron chi connectivity index (χ0n) is 72.4. The highest BCUT2D eigenvalue weighted by Gasteiger charge is 2.38. The quantitative estimate of drug-likeness (QED) is 0.0206. The highest BCUT2D eigenvalue weighted by atomic mass is 32.2. The molecule has 129 heavy (non-hydrogen) atoms. The van der Waals surface area contributed by atoms with E-state index in [9.17, 15) is 92.0 Å². The second kappa shape index (κ2) is 52.1. The minimum atomic E-state index is -1.86. The summed E-state index contributed by atoms with van der Waals surface area (Å²) in [6.45, 7) is 4.08. The van der Waals surface area contributed by atoms with Gasteiger partial charge in [0, 0.05) is 86.5 Å². The Bertz CT molecular complexity index is 4910. The first-order valence-corrected chi connectivity index (χ1v) is 42.8. The molecule has 3 heterocycles. The van der Waals surface area contributed by atoms with Crippen molar-refractivity contribution in [2.24, 2.45) is 28.9 Å². The molecule has 0 saturated carbocycles. The molecular weight excluding hydrogens is 1690 g/mol. The largest absolute Gasteiger partial charge is 0.481 e. The third-order valence-corrected chi connectivity index (χ3v) is 21.2. The summed E-state index contributed by atoms with van der Waals surface area (Å²) in [5, 5.41) is 72.1. The van der Waals surface area contributed by atoms with Gasteiger partial charge in [-0.25, -0.2) is 9.59 Å². The Labute approximate surface area is 748 Å². The number of amides is 15. The molecule has 1 aliphatic rings. The molecule has 42 nitrogen and oxygen atoms in total. The van der Waals surface area contributed by atoms with Crippen LogP contribution in [0.2, 0.25) is 0 Å². The number of nitrogens with one attached hydrogen (secondary N) is 14. The van der Waals surface area contributed by atoms with Crippen molar-refractivity contribution in [2.45, 2.75) is 187 Å². The van der Waals surface area contributed by atoms with Crippen molar-refractivity contribution in [1.82, 2.24) is 88.8 Å². The van der Waals surface area contributed by atoms with Crippen LogP contribution in [-0.4, -0.2) is 262 Å². The normalized spacial score (nSPS) is 18.6. The molecule has 0 radical (unpaired) electrons. The third-order valence-electron chi connectivity index (χ3n) is 20.2. The van der Waals surface area contributed by atoms with Crippen LogP contribution in [0.5, 0.6) is 0 Å². The van der Waals surface area contributed by atoms with E-state index in [1.54, 1.807) is 93.8 Å². The van der Waals surface area contributed by atoms with Crippen molar-refractivity contribution < 1.29 is 96.8 Å². The van der Waals surface area contributed by atoms with Gasteiger partial charge in [0.1, 0.15) is 67.0 Å². The molecule has 2 aromatic heterocycles. The number of hydrogen-bond donors (Lipinski definition) is 21. The molecule has 7 rings (SSSR count). The number of carboxylic acid groups (broad SMARTS) is 1. The number of nitrogens with two attached hydrogens (primary N) is 4. The fourth-order valence-electron chi connectivity index (χ4n) is 13.2. The smallest absolute Gasteiger partial charge is 0.407 e. The van der Waals surface area contributed by atoms with Crippen LogP contribution in [0.4, 0.5) is 15.3 Å². The molecule has 1 aliphatic heterocycles. The second-order valence-electron chi connectivity index (χ2n) is 30.8. The maximum atomic E-state index is 14.7. The predicted octanol–water partition coefficient (Wildman–Crippen LogP) is -1.66. The lowest BCUT2D eigenvalue weighted by Gasteiger charge is -2.28. The standard InChI is InChI=1S/C86H116N22O20S/c1-48(2)44-65-81(122)99-60(31-36-87)76(117)98-63(34-39-90)80(121)105-72(49(3)109)83(124)93-41-35-64(79(120)97-61(32-37-88)78(119)103-66(82(123)102-65)45-51-14-8-7-9-15-51)100-77(118)62(33-38-89)101-84(125)73(50(4)110)104-70(112)29-28-69(111)96-59(27-30-71(113)114)75(116)95-54-21-19-52(20-22-54)47-128-85(126)94-42-43-107(6)86(127)108-67-46-55(129-68-18-11-10-17-57(68)74(115)91-5)24-25-56(67)58(106-108)26-23-53-16-12-13-40-92-53/h7-26,40,46,48-50,59-66,72-73,109-110H,27-39,41-45,47,87-90H2,1-6H3,(H,91,115)(H,93,124)(H,94,126)(H,95,116)(H,96,111)(H,97,120)(H,98,117)(H,99,122)(H,100,118)(H,101,125)(H,102,123)(H,103,119)(H,104,112)(H,105,121)(H,113,114)/b26-23+/t49?,50-,59?,60-,61?,62+,63-,64+,65-,66+,72?,73?/m0/s1. The highest BCUT2D eigenvalue weighted by Crippen LogP contribution is 2.34. The van der Waals surface area contributed by atoms with E-state index in [0.717, 1.165) is 18.7 Å². The minimum absolute atomic E-state index is 0.00389. The zero-order chi connectivity index (χ0) is 94.4. The van der Waals surface area contributed by atoms with Crippen LogP contribution in [0.1, 0.15) is 125 Å². The van der Waals surface area contributed by atoms with Crippen molar-refractivity contribution >= 4 is 135 Å². The topological polar surface area (TPSA) is 649 Å². The number of aromatic nitrogens is 3. The van der Waals surface area contributed by atoms with E-state index in [0.29, 0.717) is 43.9 Å². The molecule has 1 saturated heterocycles. The number of pyridine rings is 1. The van der Waals surface area contributed by atoms with Crippen LogP contribution in [0, 0.1) is 5.92 Å². The fourth-order valence-corrected chi connectivity index (χ4v) is 14.2. The van der Waals surface area contributed by atoms with E-state index in [4.69, 9.17) is 27.7 Å². The predicted molar refractivity (Wildman–Crippen MR) is 474 cm³/mol. The van der Waals surface area contributed by atoms with Crippen molar-refractivity contribution in [3.63, 3.8) is 0 Å². The average molecular weight is 1810 g/mol. The van der Waals surface area contributed by atoms with E-state index >= 15 is 0 Å². The number of carbonyl (C=O) groups is 16. The van der Waals surface area contributed by atoms with Crippen LogP contribution < -0.4 is 97.4 Å². The van der Waals surface area contributed by atoms with Crippen molar-refractivity contribution in [2.75, 3.05) is 65.2 Å². The van der Waals surface area contributed by atoms with E-state index in [-0.39, 0.29) is 102 Å². The number of ether oxygens (including phenoxy) is 1. The number of rotatable bonds is 38. The molecule has 1 fully saturated rings. The number of nitrogens with zero attached hydrogens (tertiary/aromatic N) is 4. The molecule has 696 valence electrons. The van der Waals surface area contributed by atoms with E-state index in [1.807, 2.05) is 36.4 Å². The second-order valence-corrected chi connectivity index (χ2v) is 32.0. The molecule has 0 spiro atoms. The number of carboxylic acids is 1. The Kier molecular flexibility index (Phi) is 41.5. The minimum Gasteiger partial charge on any atom is -0.481 e. The van der Waals surface area contributed by atoms with Crippen molar-refractivity contribution in [3.8, 4) is 0 Å². The van der Waals surface area contributed by atoms with Gasteiger partial charge in [0.2, 0.25) is 70.9 Å². The Morgan fingerprint density at radius 1 is 0.620 bits per heavy atom. The number of carbonyl (C=O) groups excluding carboxylic acids is 15. The molecule has 4 aromatic carbocycles. The summed E-state index contributed by atoms with van der Waals surface area (Å²) in [4.78, 5) is 228. The van der Waals surface area contributed by atoms with Gasteiger partial charge in [-0.2, -0.15) is 9.78 Å². The molecule has 43 heteroatoms. The Balaban J connectivity index is 0.969. The highest BCUT2D eigenvalue weighted by molar-refractivity contribution is 7.99. The van der Waals surface area contributed by atoms with Gasteiger partial charge in [0.25, 0.3) is 5.91 Å². The van der Waals surface area contributed by atoms with E-state index in [2.05, 4.69) is 84.5 Å². The number of aliphatic hydroxyl groups is 2. The fraction of sp³-hybridized carbons (Fsp3) is 0.442. The summed E-state index contributed by atoms with van der Waals surface area (Å²) in [7, 11) is 3.08. The van der Waals surface area contributed by atoms with E-state index in [1.165, 1.54) is 52.7 Å². The molecule has 25 N–H and O–H groups in total. The van der Waals surface area contributed by atoms with Gasteiger partial charge >= 0.3 is 18.1 Å². The van der Waals surface area contributed by atoms with Gasteiger partial charge < -0.3 is 122 Å². The number of benzene rings is 4. The lowest BCUT2D eigenvalue weighted by Crippen LogP contribution is -2.61. The average Bonchev–Trinajstić information content (AvgIpc) is 1.63. The summed E-state index contributed by atoms with van der Waals surface area (Å²) < 4.78 is 6.68. The maximum absolute atomic E-state index is 14.7. The monoisotopic (exact) mass is 1810 g/mol. The number of hydrogen-bond acceptors (Lipinski definition) is 26. The van der Waals surface area contributed by atoms with E-state index < -0.39 is 200 Å². The van der Waals surface area contributed by atoms with Crippen LogP contribution in [-0.2, 0) is 80.1 Å². The van der Waals surface area contributed by atoms with Crippen LogP contribution in [0.15, 0.2) is 131 Å². The Morgan fingerprint density at radius 2 is 1.21 bits per heavy atom. The first-order chi connectivity index (χ1) is 61.6. The maximum Gasteiger partial charge on any atom is 0.407 e. The summed E-state index contributed by atoms with van der Waals surface area (Å²) in [6, 6.07) is 16.1. The summed E-state index contributed by atoms with van der Waals surface area (Å²) >= 11 is 1.34. The van der Waals surface area contributed by atoms with Crippen LogP contribution >= 0.6 is 11.8 Å². The van der Waals surface area contributed by atoms with Crippen molar-refractivity contribution in [3.05, 3.63) is 150 Å². The van der Waals surface area contributed by atoms with Gasteiger partial charge in [-0.05, 0) is 169 Å². The Hall–Kier alpha value is -13.3. The molecule has 15 amide bonds. The van der Waals surface area contributed by atoms with Gasteiger partial charge in [-0.1, -0.05) is 86.3 Å². The lowest BCUT2D eigenvalue weighted by atomic mass is 10.00. The van der Waals surface area contributed by atoms with Crippen molar-refractivity contribution in [1.29, 1.82) is 0 Å². The summed E-state index contributed by atoms with van der Waals surface area (Å²) in [6.07, 6.45) is -3.14. The summed E-state index contributed by atoms with van der Waals surface area (Å²) in [5.74, 6) is -13.7. The number of alkyl carbamates (subject to hydrolysis) is 1. The molecular formula is C86H116N22O20S. The number of aliphatic carboxylic acids is 1. The third kappa shape index (κ3) is 32.8. The number of fused-ring (bicyclic) bond motifs is 1. The summed E-state index contributed by atoms with van der Waals surface area (Å²) in [5.41, 5.74) is 27.0. The molecule has 5 unspecified atom stereocenters. The van der Waals surface area contributed by atoms with Crippen LogP contribution in [0.3, 0.4) is 0 Å². The molecule has 6 aromatic rings. The first kappa shape index (κ1) is 103. The molecule has 0 bridgehead atoms. The van der Waals surface area contributed by atoms with Gasteiger partial charge in [-0.3, -0.25) is 72.1 Å². The first-order valence-electron chi connectivity index (χ1n) is 42.0. The van der Waals surface area contributed by atoms with Gasteiger partial charge in [0.05, 0.1) is 34.7 Å². The van der Waals surface area contributed by atoms with Crippen LogP contribution in [0.25, 0.3) is 23.1 Å². The number of likely N-dealkylation sites (N-methyl/N-ethyl adjacent to an activating group) is 1. The molecule has 0 aliphatic carbocycles. The van der Waals surface area contributed by atoms with Gasteiger partial charge in [0.15, 0.2) is 0 Å².